The van der Waals surface area contributed by atoms with Crippen molar-refractivity contribution in [1.29, 1.82) is 0 Å². The van der Waals surface area contributed by atoms with E-state index in [1.54, 1.807) is 4.40 Å². The second kappa shape index (κ2) is 5.88. The van der Waals surface area contributed by atoms with Gasteiger partial charge in [0.2, 0.25) is 5.95 Å². The molecule has 0 bridgehead atoms. The average molecular weight is 335 g/mol. The van der Waals surface area contributed by atoms with E-state index >= 15 is 0 Å². The van der Waals surface area contributed by atoms with Gasteiger partial charge in [0.05, 0.1) is 0 Å². The van der Waals surface area contributed by atoms with Gasteiger partial charge in [0.25, 0.3) is 0 Å². The van der Waals surface area contributed by atoms with E-state index in [4.69, 9.17) is 0 Å². The van der Waals surface area contributed by atoms with Gasteiger partial charge in [-0.15, -0.1) is 10.2 Å². The number of hydrogen-bond acceptors (Lipinski definition) is 3. The molecule has 2 amide bonds. The molecule has 1 fully saturated rings. The number of aromatic nitrogens is 3. The molecule has 0 spiro atoms. The fraction of sp³-hybridized carbons (Fsp3) is 0.316. The number of anilines is 1. The molecule has 2 aromatic heterocycles. The highest BCUT2D eigenvalue weighted by atomic mass is 16.2. The lowest BCUT2D eigenvalue weighted by Gasteiger charge is -2.31. The van der Waals surface area contributed by atoms with Crippen molar-refractivity contribution >= 4 is 17.6 Å². The van der Waals surface area contributed by atoms with Gasteiger partial charge in [0.15, 0.2) is 5.65 Å². The third-order valence-electron chi connectivity index (χ3n) is 4.93. The fourth-order valence-corrected chi connectivity index (χ4v) is 3.64. The fourth-order valence-electron chi connectivity index (χ4n) is 3.64. The monoisotopic (exact) mass is 335 g/mol. The minimum atomic E-state index is -0.217. The molecule has 25 heavy (non-hydrogen) atoms. The molecular weight excluding hydrogens is 314 g/mol. The number of nitrogens with zero attached hydrogens (tertiary/aromatic N) is 4. The molecule has 1 N–H and O–H groups in total. The summed E-state index contributed by atoms with van der Waals surface area (Å²) in [5, 5.41) is 11.1. The van der Waals surface area contributed by atoms with Crippen LogP contribution in [-0.4, -0.2) is 37.6 Å². The van der Waals surface area contributed by atoms with Crippen molar-refractivity contribution in [3.63, 3.8) is 0 Å². The maximum absolute atomic E-state index is 12.9. The summed E-state index contributed by atoms with van der Waals surface area (Å²) < 4.78 is 1.77. The SMILES string of the molecule is CC1(C)CC(c2ccccc2)CN1C(=O)Nc1nnc2ccccn12. The van der Waals surface area contributed by atoms with E-state index < -0.39 is 0 Å². The number of pyridine rings is 1. The number of urea groups is 1. The van der Waals surface area contributed by atoms with Crippen molar-refractivity contribution in [2.45, 2.75) is 31.7 Å². The molecule has 1 saturated heterocycles. The Balaban J connectivity index is 1.55. The second-order valence-electron chi connectivity index (χ2n) is 7.12. The molecule has 0 saturated carbocycles. The van der Waals surface area contributed by atoms with Crippen LogP contribution in [0, 0.1) is 0 Å². The van der Waals surface area contributed by atoms with Crippen LogP contribution >= 0.6 is 0 Å². The topological polar surface area (TPSA) is 62.5 Å². The third-order valence-corrected chi connectivity index (χ3v) is 4.93. The molecule has 1 aliphatic rings. The predicted octanol–water partition coefficient (Wildman–Crippen LogP) is 3.53. The van der Waals surface area contributed by atoms with Crippen molar-refractivity contribution in [2.75, 3.05) is 11.9 Å². The zero-order valence-corrected chi connectivity index (χ0v) is 14.4. The standard InChI is InChI=1S/C19H21N5O/c1-19(2)12-15(14-8-4-3-5-9-14)13-24(19)18(25)20-17-22-21-16-10-6-7-11-23(16)17/h3-11,15H,12-13H2,1-2H3,(H,20,22,25). The molecule has 128 valence electrons. The molecule has 6 nitrogen and oxygen atoms in total. The lowest BCUT2D eigenvalue weighted by molar-refractivity contribution is 0.178. The molecule has 1 atom stereocenters. The summed E-state index contributed by atoms with van der Waals surface area (Å²) in [5.74, 6) is 0.789. The van der Waals surface area contributed by atoms with Crippen LogP contribution in [0.25, 0.3) is 5.65 Å². The van der Waals surface area contributed by atoms with Gasteiger partial charge in [-0.3, -0.25) is 9.72 Å². The Morgan fingerprint density at radius 1 is 1.12 bits per heavy atom. The highest BCUT2D eigenvalue weighted by molar-refractivity contribution is 5.88. The zero-order valence-electron chi connectivity index (χ0n) is 14.4. The van der Waals surface area contributed by atoms with Gasteiger partial charge < -0.3 is 4.90 Å². The normalized spacial score (nSPS) is 19.3. The molecule has 0 aliphatic carbocycles. The van der Waals surface area contributed by atoms with Gasteiger partial charge >= 0.3 is 6.03 Å². The Morgan fingerprint density at radius 2 is 1.88 bits per heavy atom. The zero-order chi connectivity index (χ0) is 17.4. The minimum Gasteiger partial charge on any atom is -0.319 e. The second-order valence-corrected chi connectivity index (χ2v) is 7.12. The number of amides is 2. The first kappa shape index (κ1) is 15.6. The van der Waals surface area contributed by atoms with Crippen LogP contribution < -0.4 is 5.32 Å². The van der Waals surface area contributed by atoms with Gasteiger partial charge in [0.1, 0.15) is 0 Å². The van der Waals surface area contributed by atoms with Crippen molar-refractivity contribution in [3.05, 3.63) is 60.3 Å². The maximum Gasteiger partial charge on any atom is 0.324 e. The first-order chi connectivity index (χ1) is 12.0. The molecule has 1 unspecified atom stereocenters. The summed E-state index contributed by atoms with van der Waals surface area (Å²) in [6.45, 7) is 4.91. The molecule has 6 heteroatoms. The Labute approximate surface area is 146 Å². The van der Waals surface area contributed by atoms with Crippen LogP contribution in [0.4, 0.5) is 10.7 Å². The van der Waals surface area contributed by atoms with E-state index in [0.717, 1.165) is 6.42 Å². The van der Waals surface area contributed by atoms with Crippen LogP contribution in [0.15, 0.2) is 54.7 Å². The summed E-state index contributed by atoms with van der Waals surface area (Å²) in [7, 11) is 0. The quantitative estimate of drug-likeness (QED) is 0.779. The number of benzene rings is 1. The Hall–Kier alpha value is -2.89. The summed E-state index contributed by atoms with van der Waals surface area (Å²) >= 11 is 0. The third kappa shape index (κ3) is 2.84. The first-order valence-corrected chi connectivity index (χ1v) is 8.48. The molecule has 4 rings (SSSR count). The van der Waals surface area contributed by atoms with Gasteiger partial charge in [-0.05, 0) is 38.0 Å². The smallest absolute Gasteiger partial charge is 0.319 e. The van der Waals surface area contributed by atoms with Crippen LogP contribution in [-0.2, 0) is 0 Å². The van der Waals surface area contributed by atoms with Crippen LogP contribution in [0.2, 0.25) is 0 Å². The molecule has 3 aromatic rings. The van der Waals surface area contributed by atoms with E-state index in [1.807, 2.05) is 47.5 Å². The van der Waals surface area contributed by atoms with Crippen molar-refractivity contribution in [3.8, 4) is 0 Å². The number of hydrogen-bond donors (Lipinski definition) is 1. The van der Waals surface area contributed by atoms with Crippen molar-refractivity contribution < 1.29 is 4.79 Å². The van der Waals surface area contributed by atoms with Crippen LogP contribution in [0.1, 0.15) is 31.7 Å². The van der Waals surface area contributed by atoms with Crippen molar-refractivity contribution in [1.82, 2.24) is 19.5 Å². The average Bonchev–Trinajstić information content (AvgIpc) is 3.16. The first-order valence-electron chi connectivity index (χ1n) is 8.48. The molecular formula is C19H21N5O. The van der Waals surface area contributed by atoms with E-state index in [0.29, 0.717) is 24.1 Å². The van der Waals surface area contributed by atoms with E-state index in [9.17, 15) is 4.79 Å². The largest absolute Gasteiger partial charge is 0.324 e. The minimum absolute atomic E-state index is 0.137. The Kier molecular flexibility index (Phi) is 3.67. The molecule has 1 aromatic carbocycles. The van der Waals surface area contributed by atoms with E-state index in [1.165, 1.54) is 5.56 Å². The number of rotatable bonds is 2. The summed E-state index contributed by atoms with van der Waals surface area (Å²) in [4.78, 5) is 14.8. The number of carbonyl (C=O) groups excluding carboxylic acids is 1. The highest BCUT2D eigenvalue weighted by Crippen LogP contribution is 2.38. The number of fused-ring (bicyclic) bond motifs is 1. The highest BCUT2D eigenvalue weighted by Gasteiger charge is 2.41. The number of carbonyl (C=O) groups is 1. The number of nitrogens with one attached hydrogen (secondary N) is 1. The Morgan fingerprint density at radius 3 is 2.68 bits per heavy atom. The molecule has 0 radical (unpaired) electrons. The summed E-state index contributed by atoms with van der Waals surface area (Å²) in [6, 6.07) is 15.9. The van der Waals surface area contributed by atoms with Gasteiger partial charge in [0, 0.05) is 24.2 Å². The molecule has 1 aliphatic heterocycles. The van der Waals surface area contributed by atoms with Crippen LogP contribution in [0.3, 0.4) is 0 Å². The van der Waals surface area contributed by atoms with E-state index in [-0.39, 0.29) is 11.6 Å². The van der Waals surface area contributed by atoms with Gasteiger partial charge in [-0.25, -0.2) is 4.79 Å². The van der Waals surface area contributed by atoms with E-state index in [2.05, 4.69) is 41.5 Å². The van der Waals surface area contributed by atoms with Gasteiger partial charge in [-0.1, -0.05) is 36.4 Å². The molecule has 3 heterocycles. The van der Waals surface area contributed by atoms with Crippen molar-refractivity contribution in [2.24, 2.45) is 0 Å². The van der Waals surface area contributed by atoms with Crippen LogP contribution in [0.5, 0.6) is 0 Å². The Bertz CT molecular complexity index is 902. The lowest BCUT2D eigenvalue weighted by Crippen LogP contribution is -2.45. The number of likely N-dealkylation sites (tertiary alicyclic amines) is 1. The maximum atomic E-state index is 12.9. The lowest BCUT2D eigenvalue weighted by atomic mass is 9.91. The van der Waals surface area contributed by atoms with Gasteiger partial charge in [-0.2, -0.15) is 0 Å². The predicted molar refractivity (Wildman–Crippen MR) is 96.6 cm³/mol. The summed E-state index contributed by atoms with van der Waals surface area (Å²) in [6.07, 6.45) is 2.78. The summed E-state index contributed by atoms with van der Waals surface area (Å²) in [5.41, 5.74) is 1.77.